The van der Waals surface area contributed by atoms with Crippen molar-refractivity contribution < 1.29 is 22.7 Å². The number of hydrogen-bond acceptors (Lipinski definition) is 5. The molecule has 26 heavy (non-hydrogen) atoms. The van der Waals surface area contributed by atoms with E-state index in [4.69, 9.17) is 11.6 Å². The first kappa shape index (κ1) is 19.7. The van der Waals surface area contributed by atoms with E-state index >= 15 is 0 Å². The minimum Gasteiger partial charge on any atom is -0.465 e. The summed E-state index contributed by atoms with van der Waals surface area (Å²) in [6.45, 7) is -0.443. The van der Waals surface area contributed by atoms with Crippen LogP contribution in [0.1, 0.15) is 10.4 Å². The highest BCUT2D eigenvalue weighted by Gasteiger charge is 2.22. The molecule has 0 radical (unpaired) electrons. The van der Waals surface area contributed by atoms with Crippen molar-refractivity contribution in [1.82, 2.24) is 0 Å². The second-order valence-corrected chi connectivity index (χ2v) is 7.65. The lowest BCUT2D eigenvalue weighted by Gasteiger charge is -2.22. The molecule has 0 saturated carbocycles. The number of nitrogens with zero attached hydrogens (tertiary/aromatic N) is 1. The van der Waals surface area contributed by atoms with Crippen LogP contribution in [0.2, 0.25) is 5.02 Å². The minimum atomic E-state index is -3.72. The number of esters is 1. The van der Waals surface area contributed by atoms with Gasteiger partial charge in [0.05, 0.1) is 29.6 Å². The first-order valence-electron chi connectivity index (χ1n) is 7.43. The van der Waals surface area contributed by atoms with Gasteiger partial charge in [-0.15, -0.1) is 0 Å². The molecule has 0 fully saturated rings. The fourth-order valence-electron chi connectivity index (χ4n) is 2.17. The number of amides is 1. The van der Waals surface area contributed by atoms with Gasteiger partial charge in [-0.05, 0) is 36.4 Å². The number of hydrogen-bond donors (Lipinski definition) is 1. The Balaban J connectivity index is 2.16. The van der Waals surface area contributed by atoms with Gasteiger partial charge in [-0.3, -0.25) is 9.10 Å². The quantitative estimate of drug-likeness (QED) is 0.757. The number of carbonyl (C=O) groups is 2. The summed E-state index contributed by atoms with van der Waals surface area (Å²) in [5, 5.41) is 2.79. The number of rotatable bonds is 6. The van der Waals surface area contributed by atoms with E-state index in [2.05, 4.69) is 10.1 Å². The Kier molecular flexibility index (Phi) is 6.23. The van der Waals surface area contributed by atoms with E-state index in [0.29, 0.717) is 11.3 Å². The molecule has 0 atom stereocenters. The van der Waals surface area contributed by atoms with Crippen LogP contribution < -0.4 is 9.62 Å². The van der Waals surface area contributed by atoms with Gasteiger partial charge >= 0.3 is 5.97 Å². The molecule has 0 aliphatic heterocycles. The molecule has 1 N–H and O–H groups in total. The summed E-state index contributed by atoms with van der Waals surface area (Å²) in [6, 6.07) is 12.4. The zero-order chi connectivity index (χ0) is 19.3. The average molecular weight is 397 g/mol. The van der Waals surface area contributed by atoms with Gasteiger partial charge in [-0.2, -0.15) is 0 Å². The topological polar surface area (TPSA) is 92.8 Å². The number of ether oxygens (including phenoxy) is 1. The third kappa shape index (κ3) is 4.96. The van der Waals surface area contributed by atoms with Crippen LogP contribution in [0.3, 0.4) is 0 Å². The smallest absolute Gasteiger partial charge is 0.337 e. The molecule has 0 bridgehead atoms. The molecule has 138 valence electrons. The molecule has 2 aromatic carbocycles. The Morgan fingerprint density at radius 2 is 1.73 bits per heavy atom. The molecule has 2 rings (SSSR count). The molecule has 1 amide bonds. The van der Waals surface area contributed by atoms with E-state index in [1.807, 2.05) is 0 Å². The molecular weight excluding hydrogens is 380 g/mol. The first-order valence-corrected chi connectivity index (χ1v) is 9.65. The van der Waals surface area contributed by atoms with Crippen LogP contribution in [0.5, 0.6) is 0 Å². The van der Waals surface area contributed by atoms with E-state index in [0.717, 1.165) is 10.6 Å². The van der Waals surface area contributed by atoms with Gasteiger partial charge < -0.3 is 10.1 Å². The van der Waals surface area contributed by atoms with E-state index in [9.17, 15) is 18.0 Å². The van der Waals surface area contributed by atoms with Crippen LogP contribution in [0, 0.1) is 0 Å². The van der Waals surface area contributed by atoms with Crippen molar-refractivity contribution >= 4 is 44.9 Å². The molecule has 2 aromatic rings. The van der Waals surface area contributed by atoms with Crippen LogP contribution in [-0.2, 0) is 19.6 Å². The summed E-state index contributed by atoms with van der Waals surface area (Å²) in [6.07, 6.45) is 0.995. The second kappa shape index (κ2) is 8.20. The summed E-state index contributed by atoms with van der Waals surface area (Å²) < 4.78 is 29.6. The molecular formula is C17H17ClN2O5S. The maximum Gasteiger partial charge on any atom is 0.337 e. The summed E-state index contributed by atoms with van der Waals surface area (Å²) in [5.74, 6) is -1.05. The van der Waals surface area contributed by atoms with Crippen LogP contribution in [0.4, 0.5) is 11.4 Å². The third-order valence-corrected chi connectivity index (χ3v) is 4.84. The zero-order valence-corrected chi connectivity index (χ0v) is 15.7. The van der Waals surface area contributed by atoms with Crippen LogP contribution in [0.25, 0.3) is 0 Å². The lowest BCUT2D eigenvalue weighted by molar-refractivity contribution is -0.114. The largest absolute Gasteiger partial charge is 0.465 e. The Labute approximate surface area is 156 Å². The van der Waals surface area contributed by atoms with Crippen molar-refractivity contribution in [2.75, 3.05) is 29.5 Å². The Morgan fingerprint density at radius 1 is 1.12 bits per heavy atom. The van der Waals surface area contributed by atoms with Gasteiger partial charge in [0.15, 0.2) is 0 Å². The Hall–Kier alpha value is -2.58. The number of halogens is 1. The van der Waals surface area contributed by atoms with Gasteiger partial charge in [-0.1, -0.05) is 23.7 Å². The summed E-state index contributed by atoms with van der Waals surface area (Å²) in [4.78, 5) is 23.7. The van der Waals surface area contributed by atoms with Crippen molar-refractivity contribution in [2.24, 2.45) is 0 Å². The molecule has 9 heteroatoms. The molecule has 7 nitrogen and oxygen atoms in total. The minimum absolute atomic E-state index is 0.216. The third-order valence-electron chi connectivity index (χ3n) is 3.40. The Bertz CT molecular complexity index is 913. The zero-order valence-electron chi connectivity index (χ0n) is 14.1. The highest BCUT2D eigenvalue weighted by atomic mass is 35.5. The predicted octanol–water partition coefficient (Wildman–Crippen LogP) is 2.53. The van der Waals surface area contributed by atoms with Crippen LogP contribution in [-0.4, -0.2) is 40.2 Å². The van der Waals surface area contributed by atoms with Crippen molar-refractivity contribution in [3.05, 3.63) is 59.1 Å². The number of sulfonamides is 1. The van der Waals surface area contributed by atoms with Crippen LogP contribution in [0.15, 0.2) is 48.5 Å². The number of carbonyl (C=O) groups excluding carboxylic acids is 2. The van der Waals surface area contributed by atoms with Crippen molar-refractivity contribution in [3.63, 3.8) is 0 Å². The maximum absolute atomic E-state index is 12.3. The summed E-state index contributed by atoms with van der Waals surface area (Å²) >= 11 is 6.05. The van der Waals surface area contributed by atoms with Gasteiger partial charge in [0.2, 0.25) is 15.9 Å². The average Bonchev–Trinajstić information content (AvgIpc) is 2.59. The maximum atomic E-state index is 12.3. The molecule has 0 saturated heterocycles. The summed E-state index contributed by atoms with van der Waals surface area (Å²) in [5.41, 5.74) is 0.961. The predicted molar refractivity (Wildman–Crippen MR) is 100 cm³/mol. The molecule has 0 aromatic heterocycles. The SMILES string of the molecule is COC(=O)c1ccc(NC(=O)CN(c2ccccc2Cl)S(C)(=O)=O)cc1. The van der Waals surface area contributed by atoms with Gasteiger partial charge in [0, 0.05) is 5.69 Å². The molecule has 0 aliphatic carbocycles. The summed E-state index contributed by atoms with van der Waals surface area (Å²) in [7, 11) is -2.45. The molecule has 0 unspecified atom stereocenters. The molecule has 0 heterocycles. The normalized spacial score (nSPS) is 10.9. The fourth-order valence-corrected chi connectivity index (χ4v) is 3.33. The first-order chi connectivity index (χ1) is 12.2. The molecule has 0 spiro atoms. The Morgan fingerprint density at radius 3 is 2.27 bits per heavy atom. The van der Waals surface area contributed by atoms with Crippen molar-refractivity contribution in [1.29, 1.82) is 0 Å². The van der Waals surface area contributed by atoms with Gasteiger partial charge in [0.25, 0.3) is 0 Å². The monoisotopic (exact) mass is 396 g/mol. The van der Waals surface area contributed by atoms with E-state index in [1.54, 1.807) is 18.2 Å². The van der Waals surface area contributed by atoms with E-state index < -0.39 is 28.4 Å². The highest BCUT2D eigenvalue weighted by molar-refractivity contribution is 7.92. The second-order valence-electron chi connectivity index (χ2n) is 5.34. The standard InChI is InChI=1S/C17H17ClN2O5S/c1-25-17(22)12-7-9-13(10-8-12)19-16(21)11-20(26(2,23)24)15-6-4-3-5-14(15)18/h3-10H,11H2,1-2H3,(H,19,21). The lowest BCUT2D eigenvalue weighted by atomic mass is 10.2. The number of methoxy groups -OCH3 is 1. The highest BCUT2D eigenvalue weighted by Crippen LogP contribution is 2.27. The molecule has 0 aliphatic rings. The van der Waals surface area contributed by atoms with Gasteiger partial charge in [-0.25, -0.2) is 13.2 Å². The van der Waals surface area contributed by atoms with Crippen LogP contribution >= 0.6 is 11.6 Å². The van der Waals surface area contributed by atoms with E-state index in [-0.39, 0.29) is 10.7 Å². The van der Waals surface area contributed by atoms with Crippen molar-refractivity contribution in [3.8, 4) is 0 Å². The van der Waals surface area contributed by atoms with E-state index in [1.165, 1.54) is 37.4 Å². The fraction of sp³-hybridized carbons (Fsp3) is 0.176. The number of nitrogens with one attached hydrogen (secondary N) is 1. The lowest BCUT2D eigenvalue weighted by Crippen LogP contribution is -2.37. The number of para-hydroxylation sites is 1. The van der Waals surface area contributed by atoms with Gasteiger partial charge in [0.1, 0.15) is 6.54 Å². The number of benzene rings is 2. The van der Waals surface area contributed by atoms with Crippen molar-refractivity contribution in [2.45, 2.75) is 0 Å². The number of anilines is 2.